The minimum atomic E-state index is 0.975. The monoisotopic (exact) mass is 257 g/mol. The Bertz CT molecular complexity index is 288. The largest absolute Gasteiger partial charge is 0.357 e. The third-order valence-electron chi connectivity index (χ3n) is 1.98. The summed E-state index contributed by atoms with van der Waals surface area (Å²) in [5.41, 5.74) is 0. The van der Waals surface area contributed by atoms with Crippen LogP contribution in [0.3, 0.4) is 0 Å². The molecular formula is C10H16BrN3. The summed E-state index contributed by atoms with van der Waals surface area (Å²) in [5.74, 6) is 0.995. The zero-order valence-corrected chi connectivity index (χ0v) is 10.5. The van der Waals surface area contributed by atoms with Crippen LogP contribution in [0.25, 0.3) is 0 Å². The highest BCUT2D eigenvalue weighted by Crippen LogP contribution is 2.21. The molecule has 0 aromatic carbocycles. The minimum Gasteiger partial charge on any atom is -0.357 e. The molecule has 0 aliphatic carbocycles. The third-order valence-corrected chi connectivity index (χ3v) is 2.60. The van der Waals surface area contributed by atoms with Gasteiger partial charge in [-0.05, 0) is 42.2 Å². The molecule has 0 aliphatic rings. The number of aromatic nitrogens is 1. The third kappa shape index (κ3) is 3.27. The van der Waals surface area contributed by atoms with Crippen molar-refractivity contribution in [1.29, 1.82) is 0 Å². The van der Waals surface area contributed by atoms with Crippen molar-refractivity contribution in [2.45, 2.75) is 0 Å². The average molecular weight is 258 g/mol. The molecule has 1 aromatic rings. The zero-order valence-electron chi connectivity index (χ0n) is 8.87. The number of rotatable bonds is 4. The smallest absolute Gasteiger partial charge is 0.142 e. The van der Waals surface area contributed by atoms with Crippen LogP contribution in [0.4, 0.5) is 5.82 Å². The molecule has 0 fully saturated rings. The van der Waals surface area contributed by atoms with E-state index < -0.39 is 0 Å². The van der Waals surface area contributed by atoms with E-state index in [2.05, 4.69) is 51.9 Å². The molecule has 0 unspecified atom stereocenters. The molecule has 1 rings (SSSR count). The summed E-state index contributed by atoms with van der Waals surface area (Å²) in [6.07, 6.45) is 1.81. The lowest BCUT2D eigenvalue weighted by Crippen LogP contribution is -2.29. The molecule has 0 amide bonds. The summed E-state index contributed by atoms with van der Waals surface area (Å²) in [5, 5.41) is 0. The quantitative estimate of drug-likeness (QED) is 0.821. The van der Waals surface area contributed by atoms with E-state index in [0.717, 1.165) is 23.4 Å². The molecule has 4 heteroatoms. The zero-order chi connectivity index (χ0) is 10.6. The molecule has 0 spiro atoms. The Hall–Kier alpha value is -0.610. The second-order valence-corrected chi connectivity index (χ2v) is 4.39. The van der Waals surface area contributed by atoms with Gasteiger partial charge in [0.2, 0.25) is 0 Å². The van der Waals surface area contributed by atoms with Crippen molar-refractivity contribution in [1.82, 2.24) is 9.88 Å². The molecule has 0 atom stereocenters. The molecule has 1 heterocycles. The molecule has 1 aromatic heterocycles. The number of hydrogen-bond acceptors (Lipinski definition) is 3. The Morgan fingerprint density at radius 3 is 2.57 bits per heavy atom. The van der Waals surface area contributed by atoms with E-state index in [4.69, 9.17) is 0 Å². The van der Waals surface area contributed by atoms with Gasteiger partial charge in [-0.25, -0.2) is 4.98 Å². The summed E-state index contributed by atoms with van der Waals surface area (Å²) in [6.45, 7) is 2.00. The molecule has 0 radical (unpaired) electrons. The van der Waals surface area contributed by atoms with E-state index in [1.54, 1.807) is 0 Å². The fourth-order valence-corrected chi connectivity index (χ4v) is 1.67. The lowest BCUT2D eigenvalue weighted by atomic mass is 10.4. The fraction of sp³-hybridized carbons (Fsp3) is 0.500. The SMILES string of the molecule is CN(C)CCN(C)c1ncccc1Br. The predicted octanol–water partition coefficient (Wildman–Crippen LogP) is 1.84. The van der Waals surface area contributed by atoms with Crippen molar-refractivity contribution in [2.24, 2.45) is 0 Å². The van der Waals surface area contributed by atoms with Gasteiger partial charge in [0.05, 0.1) is 4.47 Å². The first kappa shape index (κ1) is 11.5. The van der Waals surface area contributed by atoms with Crippen molar-refractivity contribution >= 4 is 21.7 Å². The Morgan fingerprint density at radius 1 is 1.29 bits per heavy atom. The number of nitrogens with zero attached hydrogens (tertiary/aromatic N) is 3. The van der Waals surface area contributed by atoms with Gasteiger partial charge in [-0.2, -0.15) is 0 Å². The number of halogens is 1. The van der Waals surface area contributed by atoms with Crippen molar-refractivity contribution in [2.75, 3.05) is 39.1 Å². The van der Waals surface area contributed by atoms with Gasteiger partial charge < -0.3 is 9.80 Å². The maximum atomic E-state index is 4.32. The van der Waals surface area contributed by atoms with Gasteiger partial charge in [-0.15, -0.1) is 0 Å². The molecule has 3 nitrogen and oxygen atoms in total. The first-order valence-corrected chi connectivity index (χ1v) is 5.37. The van der Waals surface area contributed by atoms with Gasteiger partial charge in [0, 0.05) is 26.3 Å². The Balaban J connectivity index is 2.60. The molecule has 14 heavy (non-hydrogen) atoms. The predicted molar refractivity (Wildman–Crippen MR) is 63.8 cm³/mol. The van der Waals surface area contributed by atoms with Crippen LogP contribution in [0, 0.1) is 0 Å². The molecule has 0 aliphatic heterocycles. The molecule has 0 N–H and O–H groups in total. The topological polar surface area (TPSA) is 19.4 Å². The van der Waals surface area contributed by atoms with E-state index in [1.807, 2.05) is 18.3 Å². The average Bonchev–Trinajstić information content (AvgIpc) is 2.15. The molecule has 0 saturated carbocycles. The van der Waals surface area contributed by atoms with E-state index in [1.165, 1.54) is 0 Å². The first-order chi connectivity index (χ1) is 6.61. The lowest BCUT2D eigenvalue weighted by Gasteiger charge is -2.21. The standard InChI is InChI=1S/C10H16BrN3/c1-13(2)7-8-14(3)10-9(11)5-4-6-12-10/h4-6H,7-8H2,1-3H3. The van der Waals surface area contributed by atoms with Gasteiger partial charge in [-0.1, -0.05) is 0 Å². The number of hydrogen-bond donors (Lipinski definition) is 0. The number of likely N-dealkylation sites (N-methyl/N-ethyl adjacent to an activating group) is 2. The summed E-state index contributed by atoms with van der Waals surface area (Å²) >= 11 is 3.49. The van der Waals surface area contributed by atoms with Crippen LogP contribution >= 0.6 is 15.9 Å². The summed E-state index contributed by atoms with van der Waals surface area (Å²) < 4.78 is 1.04. The summed E-state index contributed by atoms with van der Waals surface area (Å²) in [4.78, 5) is 8.62. The van der Waals surface area contributed by atoms with Crippen LogP contribution in [0.15, 0.2) is 22.8 Å². The van der Waals surface area contributed by atoms with Gasteiger partial charge in [0.15, 0.2) is 0 Å². The Labute approximate surface area is 93.9 Å². The minimum absolute atomic E-state index is 0.975. The van der Waals surface area contributed by atoms with Crippen LogP contribution in [-0.2, 0) is 0 Å². The van der Waals surface area contributed by atoms with E-state index >= 15 is 0 Å². The lowest BCUT2D eigenvalue weighted by molar-refractivity contribution is 0.416. The second-order valence-electron chi connectivity index (χ2n) is 3.53. The second kappa shape index (κ2) is 5.32. The highest BCUT2D eigenvalue weighted by atomic mass is 79.9. The van der Waals surface area contributed by atoms with Crippen molar-refractivity contribution in [3.63, 3.8) is 0 Å². The maximum absolute atomic E-state index is 4.32. The molecule has 0 bridgehead atoms. The molecule has 78 valence electrons. The fourth-order valence-electron chi connectivity index (χ4n) is 1.11. The van der Waals surface area contributed by atoms with E-state index in [9.17, 15) is 0 Å². The highest BCUT2D eigenvalue weighted by Gasteiger charge is 2.05. The number of pyridine rings is 1. The normalized spacial score (nSPS) is 10.6. The van der Waals surface area contributed by atoms with Gasteiger partial charge >= 0.3 is 0 Å². The van der Waals surface area contributed by atoms with E-state index in [0.29, 0.717) is 0 Å². The Kier molecular flexibility index (Phi) is 4.35. The van der Waals surface area contributed by atoms with Crippen molar-refractivity contribution in [3.05, 3.63) is 22.8 Å². The molecule has 0 saturated heterocycles. The maximum Gasteiger partial charge on any atom is 0.142 e. The summed E-state index contributed by atoms with van der Waals surface area (Å²) in [7, 11) is 6.19. The molecular weight excluding hydrogens is 242 g/mol. The van der Waals surface area contributed by atoms with E-state index in [-0.39, 0.29) is 0 Å². The van der Waals surface area contributed by atoms with Gasteiger partial charge in [0.1, 0.15) is 5.82 Å². The van der Waals surface area contributed by atoms with Crippen molar-refractivity contribution < 1.29 is 0 Å². The van der Waals surface area contributed by atoms with Gasteiger partial charge in [-0.3, -0.25) is 0 Å². The van der Waals surface area contributed by atoms with Crippen molar-refractivity contribution in [3.8, 4) is 0 Å². The van der Waals surface area contributed by atoms with Gasteiger partial charge in [0.25, 0.3) is 0 Å². The van der Waals surface area contributed by atoms with Crippen LogP contribution in [0.1, 0.15) is 0 Å². The first-order valence-electron chi connectivity index (χ1n) is 4.57. The van der Waals surface area contributed by atoms with Crippen LogP contribution in [0.5, 0.6) is 0 Å². The Morgan fingerprint density at radius 2 is 2.00 bits per heavy atom. The van der Waals surface area contributed by atoms with Crippen LogP contribution in [-0.4, -0.2) is 44.1 Å². The van der Waals surface area contributed by atoms with Crippen LogP contribution < -0.4 is 4.90 Å². The highest BCUT2D eigenvalue weighted by molar-refractivity contribution is 9.10. The van der Waals surface area contributed by atoms with Crippen LogP contribution in [0.2, 0.25) is 0 Å². The summed E-state index contributed by atoms with van der Waals surface area (Å²) in [6, 6.07) is 3.93. The number of anilines is 1.